The van der Waals surface area contributed by atoms with E-state index in [1.165, 1.54) is 6.07 Å². The Kier molecular flexibility index (Phi) is 5.15. The highest BCUT2D eigenvalue weighted by Gasteiger charge is 2.42. The summed E-state index contributed by atoms with van der Waals surface area (Å²) in [6.07, 6.45) is 2.84. The van der Waals surface area contributed by atoms with Crippen LogP contribution in [0, 0.1) is 0 Å². The number of hydrogen-bond donors (Lipinski definition) is 2. The maximum absolute atomic E-state index is 13.2. The van der Waals surface area contributed by atoms with Gasteiger partial charge in [0.2, 0.25) is 5.91 Å². The molecule has 2 aromatic rings. The molecule has 25 heavy (non-hydrogen) atoms. The lowest BCUT2D eigenvalue weighted by Gasteiger charge is -2.13. The van der Waals surface area contributed by atoms with Crippen molar-refractivity contribution >= 4 is 23.2 Å². The molecule has 2 N–H and O–H groups in total. The summed E-state index contributed by atoms with van der Waals surface area (Å²) in [6, 6.07) is 7.50. The minimum atomic E-state index is -2.86. The quantitative estimate of drug-likeness (QED) is 0.851. The summed E-state index contributed by atoms with van der Waals surface area (Å²) < 4.78 is 31.9. The van der Waals surface area contributed by atoms with Crippen LogP contribution >= 0.6 is 11.6 Å². The van der Waals surface area contributed by atoms with Crippen molar-refractivity contribution in [3.8, 4) is 5.75 Å². The molecular weight excluding hydrogens is 352 g/mol. The van der Waals surface area contributed by atoms with Crippen molar-refractivity contribution in [2.24, 2.45) is 0 Å². The number of halogens is 3. The molecule has 0 bridgehead atoms. The summed E-state index contributed by atoms with van der Waals surface area (Å²) in [6.45, 7) is -0.187. The van der Waals surface area contributed by atoms with Gasteiger partial charge >= 0.3 is 0 Å². The molecule has 1 aliphatic rings. The number of nitrogens with zero attached hydrogens (tertiary/aromatic N) is 1. The molecule has 1 aliphatic heterocycles. The van der Waals surface area contributed by atoms with Crippen LogP contribution in [0.3, 0.4) is 0 Å². The molecule has 2 heterocycles. The predicted octanol–water partition coefficient (Wildman–Crippen LogP) is 3.25. The van der Waals surface area contributed by atoms with Crippen LogP contribution in [0.1, 0.15) is 12.0 Å². The zero-order chi connectivity index (χ0) is 17.9. The van der Waals surface area contributed by atoms with Gasteiger partial charge in [0.05, 0.1) is 17.6 Å². The van der Waals surface area contributed by atoms with Crippen molar-refractivity contribution in [3.05, 3.63) is 53.3 Å². The number of hydrogen-bond acceptors (Lipinski definition) is 4. The number of rotatable bonds is 5. The van der Waals surface area contributed by atoms with E-state index in [2.05, 4.69) is 15.6 Å². The molecule has 0 radical (unpaired) electrons. The fourth-order valence-corrected chi connectivity index (χ4v) is 2.71. The summed E-state index contributed by atoms with van der Waals surface area (Å²) in [5.74, 6) is -2.92. The molecule has 8 heteroatoms. The van der Waals surface area contributed by atoms with Crippen LogP contribution in [-0.2, 0) is 11.4 Å². The monoisotopic (exact) mass is 367 g/mol. The van der Waals surface area contributed by atoms with E-state index < -0.39 is 30.8 Å². The minimum Gasteiger partial charge on any atom is -0.487 e. The van der Waals surface area contributed by atoms with Gasteiger partial charge in [0.1, 0.15) is 12.4 Å². The fourth-order valence-electron chi connectivity index (χ4n) is 2.47. The third-order valence-corrected chi connectivity index (χ3v) is 4.04. The molecule has 132 valence electrons. The van der Waals surface area contributed by atoms with E-state index in [1.54, 1.807) is 30.6 Å². The SMILES string of the molecule is O=C(Nc1ccc(OCc2cccnc2)c(Cl)c1)C1CC(F)(F)CN1. The molecule has 0 spiro atoms. The molecule has 1 aromatic heterocycles. The van der Waals surface area contributed by atoms with Crippen LogP contribution in [0.25, 0.3) is 0 Å². The lowest BCUT2D eigenvalue weighted by molar-refractivity contribution is -0.118. The van der Waals surface area contributed by atoms with Crippen LogP contribution in [0.5, 0.6) is 5.75 Å². The van der Waals surface area contributed by atoms with Gasteiger partial charge in [0, 0.05) is 30.1 Å². The Labute approximate surface area is 148 Å². The number of amides is 1. The molecule has 0 saturated carbocycles. The van der Waals surface area contributed by atoms with Gasteiger partial charge in [-0.25, -0.2) is 8.78 Å². The third-order valence-electron chi connectivity index (χ3n) is 3.74. The Morgan fingerprint density at radius 2 is 2.28 bits per heavy atom. The van der Waals surface area contributed by atoms with Crippen LogP contribution < -0.4 is 15.4 Å². The Balaban J connectivity index is 1.59. The van der Waals surface area contributed by atoms with E-state index in [9.17, 15) is 13.6 Å². The second-order valence-corrected chi connectivity index (χ2v) is 6.19. The van der Waals surface area contributed by atoms with Crippen molar-refractivity contribution in [1.82, 2.24) is 10.3 Å². The first-order valence-electron chi connectivity index (χ1n) is 7.66. The van der Waals surface area contributed by atoms with Gasteiger partial charge in [-0.15, -0.1) is 0 Å². The second kappa shape index (κ2) is 7.33. The standard InChI is InChI=1S/C17H16ClF2N3O2/c18-13-6-12(23-16(24)14-7-17(19,20)10-22-14)3-4-15(13)25-9-11-2-1-5-21-8-11/h1-6,8,14,22H,7,9-10H2,(H,23,24). The highest BCUT2D eigenvalue weighted by molar-refractivity contribution is 6.32. The van der Waals surface area contributed by atoms with Gasteiger partial charge in [-0.3, -0.25) is 15.1 Å². The maximum Gasteiger partial charge on any atom is 0.262 e. The van der Waals surface area contributed by atoms with Gasteiger partial charge in [-0.2, -0.15) is 0 Å². The average molecular weight is 368 g/mol. The summed E-state index contributed by atoms with van der Waals surface area (Å²) in [5.41, 5.74) is 1.31. The Hall–Kier alpha value is -2.25. The first-order valence-corrected chi connectivity index (χ1v) is 8.04. The Bertz CT molecular complexity index is 759. The number of carbonyl (C=O) groups is 1. The molecule has 1 amide bonds. The van der Waals surface area contributed by atoms with Gasteiger partial charge in [0.15, 0.2) is 0 Å². The first-order chi connectivity index (χ1) is 11.9. The van der Waals surface area contributed by atoms with Crippen LogP contribution in [0.15, 0.2) is 42.7 Å². The molecule has 1 unspecified atom stereocenters. The Morgan fingerprint density at radius 1 is 1.44 bits per heavy atom. The Morgan fingerprint density at radius 3 is 2.92 bits per heavy atom. The third kappa shape index (κ3) is 4.64. The normalized spacial score (nSPS) is 18.8. The summed E-state index contributed by atoms with van der Waals surface area (Å²) in [7, 11) is 0. The number of aromatic nitrogens is 1. The van der Waals surface area contributed by atoms with E-state index in [-0.39, 0.29) is 0 Å². The summed E-state index contributed by atoms with van der Waals surface area (Å²) in [5, 5.41) is 5.40. The molecule has 0 aliphatic carbocycles. The fraction of sp³-hybridized carbons (Fsp3) is 0.294. The average Bonchev–Trinajstić information content (AvgIpc) is 2.95. The van der Waals surface area contributed by atoms with Crippen molar-refractivity contribution < 1.29 is 18.3 Å². The van der Waals surface area contributed by atoms with Gasteiger partial charge in [-0.05, 0) is 24.3 Å². The maximum atomic E-state index is 13.2. The first kappa shape index (κ1) is 17.6. The molecule has 5 nitrogen and oxygen atoms in total. The molecule has 3 rings (SSSR count). The van der Waals surface area contributed by atoms with Crippen molar-refractivity contribution in [1.29, 1.82) is 0 Å². The second-order valence-electron chi connectivity index (χ2n) is 5.78. The number of ether oxygens (including phenoxy) is 1. The zero-order valence-corrected chi connectivity index (χ0v) is 13.9. The largest absolute Gasteiger partial charge is 0.487 e. The van der Waals surface area contributed by atoms with E-state index in [0.29, 0.717) is 23.1 Å². The number of benzene rings is 1. The van der Waals surface area contributed by atoms with Gasteiger partial charge in [-0.1, -0.05) is 17.7 Å². The van der Waals surface area contributed by atoms with Crippen LogP contribution in [-0.4, -0.2) is 29.4 Å². The van der Waals surface area contributed by atoms with E-state index in [4.69, 9.17) is 16.3 Å². The van der Waals surface area contributed by atoms with Crippen molar-refractivity contribution in [2.45, 2.75) is 25.0 Å². The molecule has 1 aromatic carbocycles. The number of anilines is 1. The highest BCUT2D eigenvalue weighted by Crippen LogP contribution is 2.29. The van der Waals surface area contributed by atoms with Gasteiger partial charge in [0.25, 0.3) is 5.92 Å². The highest BCUT2D eigenvalue weighted by atomic mass is 35.5. The van der Waals surface area contributed by atoms with Crippen molar-refractivity contribution in [3.63, 3.8) is 0 Å². The van der Waals surface area contributed by atoms with Crippen molar-refractivity contribution in [2.75, 3.05) is 11.9 Å². The summed E-state index contributed by atoms with van der Waals surface area (Å²) >= 11 is 6.16. The minimum absolute atomic E-state index is 0.306. The number of pyridine rings is 1. The number of alkyl halides is 2. The summed E-state index contributed by atoms with van der Waals surface area (Å²) in [4.78, 5) is 16.0. The number of nitrogens with one attached hydrogen (secondary N) is 2. The van der Waals surface area contributed by atoms with E-state index in [0.717, 1.165) is 5.56 Å². The number of carbonyl (C=O) groups excluding carboxylic acids is 1. The zero-order valence-electron chi connectivity index (χ0n) is 13.1. The lowest BCUT2D eigenvalue weighted by Crippen LogP contribution is -2.35. The van der Waals surface area contributed by atoms with Gasteiger partial charge < -0.3 is 10.1 Å². The molecular formula is C17H16ClF2N3O2. The molecule has 1 atom stereocenters. The van der Waals surface area contributed by atoms with E-state index in [1.807, 2.05) is 6.07 Å². The topological polar surface area (TPSA) is 63.2 Å². The lowest BCUT2D eigenvalue weighted by atomic mass is 10.2. The molecule has 1 saturated heterocycles. The smallest absolute Gasteiger partial charge is 0.262 e. The predicted molar refractivity (Wildman–Crippen MR) is 90.0 cm³/mol. The van der Waals surface area contributed by atoms with Crippen LogP contribution in [0.4, 0.5) is 14.5 Å². The van der Waals surface area contributed by atoms with Crippen LogP contribution in [0.2, 0.25) is 5.02 Å². The molecule has 1 fully saturated rings. The van der Waals surface area contributed by atoms with E-state index >= 15 is 0 Å².